The van der Waals surface area contributed by atoms with Gasteiger partial charge in [0.05, 0.1) is 25.5 Å². The highest BCUT2D eigenvalue weighted by molar-refractivity contribution is 6.05. The highest BCUT2D eigenvalue weighted by Gasteiger charge is 2.20. The first-order chi connectivity index (χ1) is 14.9. The van der Waals surface area contributed by atoms with Gasteiger partial charge in [-0.25, -0.2) is 4.79 Å². The van der Waals surface area contributed by atoms with Crippen LogP contribution in [0, 0.1) is 0 Å². The van der Waals surface area contributed by atoms with Gasteiger partial charge in [0, 0.05) is 30.1 Å². The fourth-order valence-electron chi connectivity index (χ4n) is 3.07. The minimum Gasteiger partial charge on any atom is -0.493 e. The molecule has 0 aliphatic heterocycles. The predicted molar refractivity (Wildman–Crippen MR) is 117 cm³/mol. The molecule has 0 heterocycles. The summed E-state index contributed by atoms with van der Waals surface area (Å²) in [6.07, 6.45) is 0. The summed E-state index contributed by atoms with van der Waals surface area (Å²) < 4.78 is 15.6. The van der Waals surface area contributed by atoms with E-state index in [1.165, 1.54) is 33.3 Å². The zero-order valence-corrected chi connectivity index (χ0v) is 17.4. The van der Waals surface area contributed by atoms with Gasteiger partial charge in [0.15, 0.2) is 18.1 Å². The van der Waals surface area contributed by atoms with Crippen LogP contribution < -0.4 is 20.1 Å². The molecule has 160 valence electrons. The minimum absolute atomic E-state index is 0.0332. The van der Waals surface area contributed by atoms with Crippen LogP contribution in [0.3, 0.4) is 0 Å². The Hall–Kier alpha value is -4.07. The fraction of sp³-hybridized carbons (Fsp3) is 0.174. The van der Waals surface area contributed by atoms with Gasteiger partial charge in [-0.2, -0.15) is 0 Å². The predicted octanol–water partition coefficient (Wildman–Crippen LogP) is 3.61. The average Bonchev–Trinajstić information content (AvgIpc) is 2.77. The lowest BCUT2D eigenvalue weighted by molar-refractivity contribution is -0.119. The number of ether oxygens (including phenoxy) is 3. The molecule has 2 N–H and O–H groups in total. The molecule has 0 saturated carbocycles. The highest BCUT2D eigenvalue weighted by atomic mass is 16.5. The van der Waals surface area contributed by atoms with Crippen molar-refractivity contribution < 1.29 is 28.6 Å². The van der Waals surface area contributed by atoms with Crippen molar-refractivity contribution in [3.05, 3.63) is 60.2 Å². The van der Waals surface area contributed by atoms with E-state index in [0.717, 1.165) is 10.8 Å². The normalized spacial score (nSPS) is 10.3. The van der Waals surface area contributed by atoms with Crippen LogP contribution in [0.4, 0.5) is 11.4 Å². The van der Waals surface area contributed by atoms with E-state index in [4.69, 9.17) is 14.2 Å². The van der Waals surface area contributed by atoms with Gasteiger partial charge >= 0.3 is 5.97 Å². The van der Waals surface area contributed by atoms with Crippen molar-refractivity contribution in [2.45, 2.75) is 6.92 Å². The number of hydrogen-bond acceptors (Lipinski definition) is 6. The first-order valence-corrected chi connectivity index (χ1v) is 9.41. The second-order valence-corrected chi connectivity index (χ2v) is 6.58. The Bertz CT molecular complexity index is 1140. The maximum atomic E-state index is 12.6. The third kappa shape index (κ3) is 5.11. The van der Waals surface area contributed by atoms with E-state index in [-0.39, 0.29) is 22.9 Å². The van der Waals surface area contributed by atoms with Gasteiger partial charge in [-0.1, -0.05) is 36.4 Å². The van der Waals surface area contributed by atoms with E-state index < -0.39 is 18.5 Å². The van der Waals surface area contributed by atoms with Gasteiger partial charge in [0.25, 0.3) is 5.91 Å². The molecule has 3 aromatic carbocycles. The largest absolute Gasteiger partial charge is 0.493 e. The number of fused-ring (bicyclic) bond motifs is 1. The van der Waals surface area contributed by atoms with Crippen LogP contribution >= 0.6 is 0 Å². The van der Waals surface area contributed by atoms with E-state index in [9.17, 15) is 14.4 Å². The van der Waals surface area contributed by atoms with Crippen molar-refractivity contribution in [1.29, 1.82) is 0 Å². The quantitative estimate of drug-likeness (QED) is 0.564. The molecule has 0 atom stereocenters. The van der Waals surface area contributed by atoms with E-state index in [2.05, 4.69) is 10.6 Å². The Labute approximate surface area is 179 Å². The number of carbonyl (C=O) groups is 3. The number of carbonyl (C=O) groups excluding carboxylic acids is 3. The van der Waals surface area contributed by atoms with Crippen molar-refractivity contribution in [2.24, 2.45) is 0 Å². The van der Waals surface area contributed by atoms with E-state index in [1.54, 1.807) is 6.07 Å². The molecule has 8 heteroatoms. The Kier molecular flexibility index (Phi) is 6.71. The lowest BCUT2D eigenvalue weighted by atomic mass is 10.1. The molecular weight excluding hydrogens is 400 g/mol. The SMILES string of the molecule is COc1cc(NC(C)=O)c(C(=O)OCC(=O)Nc2cccc3ccccc23)cc1OC. The van der Waals surface area contributed by atoms with E-state index >= 15 is 0 Å². The lowest BCUT2D eigenvalue weighted by Gasteiger charge is -2.15. The first kappa shape index (κ1) is 21.6. The van der Waals surface area contributed by atoms with Gasteiger partial charge in [0.2, 0.25) is 5.91 Å². The van der Waals surface area contributed by atoms with Crippen LogP contribution in [0.1, 0.15) is 17.3 Å². The van der Waals surface area contributed by atoms with Gasteiger partial charge in [-0.05, 0) is 11.5 Å². The number of nitrogens with one attached hydrogen (secondary N) is 2. The smallest absolute Gasteiger partial charge is 0.340 e. The highest BCUT2D eigenvalue weighted by Crippen LogP contribution is 2.34. The second kappa shape index (κ2) is 9.62. The molecule has 0 bridgehead atoms. The molecule has 3 aromatic rings. The van der Waals surface area contributed by atoms with Crippen LogP contribution in [0.15, 0.2) is 54.6 Å². The van der Waals surface area contributed by atoms with E-state index in [1.807, 2.05) is 36.4 Å². The number of methoxy groups -OCH3 is 2. The maximum Gasteiger partial charge on any atom is 0.340 e. The maximum absolute atomic E-state index is 12.6. The summed E-state index contributed by atoms with van der Waals surface area (Å²) >= 11 is 0. The summed E-state index contributed by atoms with van der Waals surface area (Å²) in [7, 11) is 2.85. The summed E-state index contributed by atoms with van der Waals surface area (Å²) in [5.41, 5.74) is 0.833. The van der Waals surface area contributed by atoms with Crippen molar-refractivity contribution >= 4 is 39.9 Å². The molecule has 3 rings (SSSR count). The summed E-state index contributed by atoms with van der Waals surface area (Å²) in [6.45, 7) is 0.805. The first-order valence-electron chi connectivity index (χ1n) is 9.41. The van der Waals surface area contributed by atoms with Crippen LogP contribution in [-0.4, -0.2) is 38.6 Å². The number of hydrogen-bond donors (Lipinski definition) is 2. The second-order valence-electron chi connectivity index (χ2n) is 6.58. The zero-order chi connectivity index (χ0) is 22.4. The summed E-state index contributed by atoms with van der Waals surface area (Å²) in [6, 6.07) is 16.0. The van der Waals surface area contributed by atoms with E-state index in [0.29, 0.717) is 11.4 Å². The van der Waals surface area contributed by atoms with Crippen LogP contribution in [0.5, 0.6) is 11.5 Å². The summed E-state index contributed by atoms with van der Waals surface area (Å²) in [5.74, 6) is -1.06. The number of esters is 1. The molecule has 0 aliphatic rings. The standard InChI is InChI=1S/C23H22N2O6/c1-14(26)24-19-12-21(30-3)20(29-2)11-17(19)23(28)31-13-22(27)25-18-10-6-8-15-7-4-5-9-16(15)18/h4-12H,13H2,1-3H3,(H,24,26)(H,25,27). The average molecular weight is 422 g/mol. The molecule has 0 aliphatic carbocycles. The topological polar surface area (TPSA) is 103 Å². The van der Waals surface area contributed by atoms with Gasteiger partial charge < -0.3 is 24.8 Å². The Morgan fingerprint density at radius 2 is 1.52 bits per heavy atom. The molecule has 8 nitrogen and oxygen atoms in total. The van der Waals surface area contributed by atoms with Crippen molar-refractivity contribution in [1.82, 2.24) is 0 Å². The number of amides is 2. The Balaban J connectivity index is 1.75. The Morgan fingerprint density at radius 1 is 0.839 bits per heavy atom. The number of rotatable bonds is 7. The van der Waals surface area contributed by atoms with Crippen LogP contribution in [0.2, 0.25) is 0 Å². The fourth-order valence-corrected chi connectivity index (χ4v) is 3.07. The molecule has 0 radical (unpaired) electrons. The van der Waals surface area contributed by atoms with Gasteiger partial charge in [-0.15, -0.1) is 0 Å². The van der Waals surface area contributed by atoms with Crippen LogP contribution in [-0.2, 0) is 14.3 Å². The molecule has 31 heavy (non-hydrogen) atoms. The molecule has 0 saturated heterocycles. The summed E-state index contributed by atoms with van der Waals surface area (Å²) in [5, 5.41) is 7.15. The van der Waals surface area contributed by atoms with Gasteiger partial charge in [0.1, 0.15) is 0 Å². The third-order valence-corrected chi connectivity index (χ3v) is 4.45. The van der Waals surface area contributed by atoms with Crippen LogP contribution in [0.25, 0.3) is 10.8 Å². The third-order valence-electron chi connectivity index (χ3n) is 4.45. The Morgan fingerprint density at radius 3 is 2.23 bits per heavy atom. The lowest BCUT2D eigenvalue weighted by Crippen LogP contribution is -2.22. The van der Waals surface area contributed by atoms with Crippen molar-refractivity contribution in [2.75, 3.05) is 31.5 Å². The monoisotopic (exact) mass is 422 g/mol. The number of anilines is 2. The molecular formula is C23H22N2O6. The minimum atomic E-state index is -0.794. The molecule has 0 unspecified atom stereocenters. The zero-order valence-electron chi connectivity index (χ0n) is 17.4. The summed E-state index contributed by atoms with van der Waals surface area (Å²) in [4.78, 5) is 36.5. The van der Waals surface area contributed by atoms with Crippen molar-refractivity contribution in [3.63, 3.8) is 0 Å². The molecule has 0 fully saturated rings. The van der Waals surface area contributed by atoms with Crippen molar-refractivity contribution in [3.8, 4) is 11.5 Å². The number of benzene rings is 3. The molecule has 0 spiro atoms. The van der Waals surface area contributed by atoms with Gasteiger partial charge in [-0.3, -0.25) is 9.59 Å². The molecule has 2 amide bonds. The molecule has 0 aromatic heterocycles.